The van der Waals surface area contributed by atoms with E-state index < -0.39 is 11.6 Å². The van der Waals surface area contributed by atoms with Crippen LogP contribution < -0.4 is 15.8 Å². The maximum absolute atomic E-state index is 12.5. The fourth-order valence-electron chi connectivity index (χ4n) is 4.54. The van der Waals surface area contributed by atoms with Crippen LogP contribution >= 0.6 is 0 Å². The van der Waals surface area contributed by atoms with Crippen molar-refractivity contribution in [3.05, 3.63) is 82.9 Å². The zero-order valence-electron chi connectivity index (χ0n) is 18.2. The molecule has 0 bridgehead atoms. The number of nitrogens with two attached hydrogens (primary N) is 1. The molecule has 6 rings (SSSR count). The second-order valence-corrected chi connectivity index (χ2v) is 8.15. The molecule has 1 fully saturated rings. The minimum absolute atomic E-state index is 0.0371. The van der Waals surface area contributed by atoms with E-state index in [2.05, 4.69) is 5.32 Å². The Morgan fingerprint density at radius 3 is 2.06 bits per heavy atom. The number of primary amides is 1. The molecule has 1 saturated heterocycles. The number of hydrogen-bond acceptors (Lipinski definition) is 7. The molecule has 3 aromatic rings. The minimum atomic E-state index is -1.17. The largest absolute Gasteiger partial charge is 0.508 e. The molecule has 0 radical (unpaired) electrons. The smallest absolute Gasteiger partial charge is 0.340 e. The Morgan fingerprint density at radius 2 is 1.50 bits per heavy atom. The number of phenols is 2. The molecule has 0 aliphatic carbocycles. The number of rotatable bonds is 0. The molecule has 3 aliphatic heterocycles. The zero-order chi connectivity index (χ0) is 23.9. The molecule has 1 spiro atoms. The van der Waals surface area contributed by atoms with Crippen LogP contribution in [0.3, 0.4) is 0 Å². The van der Waals surface area contributed by atoms with Crippen LogP contribution in [-0.4, -0.2) is 53.3 Å². The van der Waals surface area contributed by atoms with E-state index in [1.807, 2.05) is 12.1 Å². The van der Waals surface area contributed by atoms with Crippen molar-refractivity contribution in [1.82, 2.24) is 10.2 Å². The van der Waals surface area contributed by atoms with Gasteiger partial charge in [-0.3, -0.25) is 0 Å². The molecule has 9 nitrogen and oxygen atoms in total. The SMILES string of the molecule is NC(=O)N1CCNCC1.O=C1OC2(c3ccc(O)cc3Oc3cc(O)ccc32)c2ccccc21. The highest BCUT2D eigenvalue weighted by molar-refractivity contribution is 5.97. The van der Waals surface area contributed by atoms with E-state index >= 15 is 0 Å². The molecule has 34 heavy (non-hydrogen) atoms. The fraction of sp³-hybridized carbons (Fsp3) is 0.200. The number of ether oxygens (including phenoxy) is 2. The summed E-state index contributed by atoms with van der Waals surface area (Å²) in [6.45, 7) is 3.22. The van der Waals surface area contributed by atoms with Crippen LogP contribution in [0, 0.1) is 0 Å². The van der Waals surface area contributed by atoms with Crippen LogP contribution in [0.25, 0.3) is 0 Å². The molecular weight excluding hydrogens is 438 g/mol. The summed E-state index contributed by atoms with van der Waals surface area (Å²) in [5.41, 5.74) is 6.31. The van der Waals surface area contributed by atoms with Gasteiger partial charge in [-0.1, -0.05) is 18.2 Å². The van der Waals surface area contributed by atoms with Crippen LogP contribution in [0.4, 0.5) is 4.79 Å². The molecule has 0 unspecified atom stereocenters. The first-order valence-electron chi connectivity index (χ1n) is 10.8. The molecule has 0 atom stereocenters. The van der Waals surface area contributed by atoms with Crippen molar-refractivity contribution in [2.75, 3.05) is 26.2 Å². The number of urea groups is 1. The number of nitrogens with one attached hydrogen (secondary N) is 1. The van der Waals surface area contributed by atoms with Gasteiger partial charge in [0.15, 0.2) is 5.60 Å². The summed E-state index contributed by atoms with van der Waals surface area (Å²) in [6.07, 6.45) is 0. The second-order valence-electron chi connectivity index (χ2n) is 8.15. The van der Waals surface area contributed by atoms with Crippen molar-refractivity contribution < 1.29 is 29.3 Å². The van der Waals surface area contributed by atoms with Crippen LogP contribution in [-0.2, 0) is 10.3 Å². The Bertz CT molecular complexity index is 1230. The number of piperazine rings is 1. The summed E-state index contributed by atoms with van der Waals surface area (Å²) in [5, 5.41) is 22.8. The highest BCUT2D eigenvalue weighted by Crippen LogP contribution is 2.56. The monoisotopic (exact) mass is 461 g/mol. The Labute approximate surface area is 195 Å². The van der Waals surface area contributed by atoms with Crippen molar-refractivity contribution in [2.24, 2.45) is 5.73 Å². The van der Waals surface area contributed by atoms with E-state index in [4.69, 9.17) is 15.2 Å². The third-order valence-electron chi connectivity index (χ3n) is 6.11. The first kappa shape index (κ1) is 21.6. The average Bonchev–Trinajstić information content (AvgIpc) is 3.13. The van der Waals surface area contributed by atoms with Gasteiger partial charge in [-0.25, -0.2) is 9.59 Å². The Balaban J connectivity index is 0.000000227. The molecule has 2 amide bonds. The number of nitrogens with zero attached hydrogens (tertiary/aromatic N) is 1. The van der Waals surface area contributed by atoms with Crippen molar-refractivity contribution in [1.29, 1.82) is 0 Å². The average molecular weight is 461 g/mol. The zero-order valence-corrected chi connectivity index (χ0v) is 18.2. The van der Waals surface area contributed by atoms with Gasteiger partial charge in [-0.15, -0.1) is 0 Å². The molecule has 9 heteroatoms. The van der Waals surface area contributed by atoms with Crippen LogP contribution in [0.1, 0.15) is 27.0 Å². The maximum atomic E-state index is 12.5. The fourth-order valence-corrected chi connectivity index (χ4v) is 4.54. The predicted octanol–water partition coefficient (Wildman–Crippen LogP) is 2.64. The number of esters is 1. The van der Waals surface area contributed by atoms with Crippen molar-refractivity contribution in [2.45, 2.75) is 5.60 Å². The number of amides is 2. The summed E-state index contributed by atoms with van der Waals surface area (Å²) in [4.78, 5) is 24.6. The summed E-state index contributed by atoms with van der Waals surface area (Å²) in [6, 6.07) is 16.3. The third-order valence-corrected chi connectivity index (χ3v) is 6.11. The standard InChI is InChI=1S/C20H12O5.C5H11N3O/c21-11-5-7-15-17(9-11)24-18-10-12(22)6-8-16(18)20(15)14-4-2-1-3-13(14)19(23)25-20;6-5(9)8-3-1-7-2-4-8/h1-10,21-22H;7H,1-4H2,(H2,6,9). The number of hydrogen-bond donors (Lipinski definition) is 4. The Morgan fingerprint density at radius 1 is 0.912 bits per heavy atom. The van der Waals surface area contributed by atoms with Crippen LogP contribution in [0.5, 0.6) is 23.0 Å². The topological polar surface area (TPSA) is 134 Å². The van der Waals surface area contributed by atoms with Gasteiger partial charge in [-0.05, 0) is 30.3 Å². The molecule has 3 heterocycles. The summed E-state index contributed by atoms with van der Waals surface area (Å²) in [7, 11) is 0. The highest BCUT2D eigenvalue weighted by atomic mass is 16.6. The van der Waals surface area contributed by atoms with E-state index in [1.165, 1.54) is 24.3 Å². The first-order chi connectivity index (χ1) is 16.4. The normalized spacial score (nSPS) is 16.8. The van der Waals surface area contributed by atoms with E-state index in [-0.39, 0.29) is 17.5 Å². The van der Waals surface area contributed by atoms with Crippen LogP contribution in [0.2, 0.25) is 0 Å². The van der Waals surface area contributed by atoms with Gasteiger partial charge in [0.25, 0.3) is 0 Å². The lowest BCUT2D eigenvalue weighted by Crippen LogP contribution is -2.48. The molecular formula is C25H23N3O6. The van der Waals surface area contributed by atoms with Crippen molar-refractivity contribution in [3.8, 4) is 23.0 Å². The number of carbonyl (C=O) groups excluding carboxylic acids is 2. The number of benzene rings is 3. The number of fused-ring (bicyclic) bond motifs is 6. The minimum Gasteiger partial charge on any atom is -0.508 e. The summed E-state index contributed by atoms with van der Waals surface area (Å²) < 4.78 is 11.8. The van der Waals surface area contributed by atoms with Gasteiger partial charge in [0.2, 0.25) is 0 Å². The Hall–Kier alpha value is -4.24. The molecule has 174 valence electrons. The second kappa shape index (κ2) is 8.27. The van der Waals surface area contributed by atoms with Gasteiger partial charge in [-0.2, -0.15) is 0 Å². The lowest BCUT2D eigenvalue weighted by Gasteiger charge is -2.36. The molecule has 0 saturated carbocycles. The lowest BCUT2D eigenvalue weighted by atomic mass is 9.77. The van der Waals surface area contributed by atoms with Crippen molar-refractivity contribution >= 4 is 12.0 Å². The number of aromatic hydroxyl groups is 2. The van der Waals surface area contributed by atoms with Gasteiger partial charge in [0.05, 0.1) is 5.56 Å². The third kappa shape index (κ3) is 3.46. The maximum Gasteiger partial charge on any atom is 0.340 e. The van der Waals surface area contributed by atoms with Crippen LogP contribution in [0.15, 0.2) is 60.7 Å². The quantitative estimate of drug-likeness (QED) is 0.378. The summed E-state index contributed by atoms with van der Waals surface area (Å²) in [5.74, 6) is 0.408. The van der Waals surface area contributed by atoms with Gasteiger partial charge < -0.3 is 35.6 Å². The highest BCUT2D eigenvalue weighted by Gasteiger charge is 2.53. The Kier molecular flexibility index (Phi) is 5.25. The summed E-state index contributed by atoms with van der Waals surface area (Å²) >= 11 is 0. The van der Waals surface area contributed by atoms with E-state index in [1.54, 1.807) is 29.2 Å². The van der Waals surface area contributed by atoms with E-state index in [0.29, 0.717) is 33.8 Å². The van der Waals surface area contributed by atoms with Gasteiger partial charge in [0.1, 0.15) is 23.0 Å². The number of carbonyl (C=O) groups is 2. The van der Waals surface area contributed by atoms with E-state index in [9.17, 15) is 19.8 Å². The van der Waals surface area contributed by atoms with E-state index in [0.717, 1.165) is 26.2 Å². The lowest BCUT2D eigenvalue weighted by molar-refractivity contribution is 0.0224. The predicted molar refractivity (Wildman–Crippen MR) is 122 cm³/mol. The first-order valence-corrected chi connectivity index (χ1v) is 10.8. The molecule has 3 aliphatic rings. The molecule has 0 aromatic heterocycles. The van der Waals surface area contributed by atoms with Gasteiger partial charge >= 0.3 is 12.0 Å². The number of phenolic OH excluding ortho intramolecular Hbond substituents is 2. The molecule has 3 aromatic carbocycles. The van der Waals surface area contributed by atoms with Crippen molar-refractivity contribution in [3.63, 3.8) is 0 Å². The molecule has 5 N–H and O–H groups in total. The van der Waals surface area contributed by atoms with Gasteiger partial charge in [0, 0.05) is 55.0 Å².